The molecular formula is C20H39IN4O2. The lowest BCUT2D eigenvalue weighted by atomic mass is 9.86. The van der Waals surface area contributed by atoms with Gasteiger partial charge in [-0.1, -0.05) is 6.42 Å². The second-order valence-electron chi connectivity index (χ2n) is 8.73. The second-order valence-corrected chi connectivity index (χ2v) is 8.73. The van der Waals surface area contributed by atoms with Crippen molar-refractivity contribution in [2.75, 3.05) is 52.5 Å². The molecule has 1 heterocycles. The number of morpholine rings is 1. The summed E-state index contributed by atoms with van der Waals surface area (Å²) >= 11 is 0. The molecule has 0 radical (unpaired) electrons. The zero-order chi connectivity index (χ0) is 18.4. The van der Waals surface area contributed by atoms with Gasteiger partial charge in [0.05, 0.1) is 25.4 Å². The summed E-state index contributed by atoms with van der Waals surface area (Å²) in [5.74, 6) is 3.74. The van der Waals surface area contributed by atoms with Crippen LogP contribution in [0.5, 0.6) is 0 Å². The van der Waals surface area contributed by atoms with Crippen molar-refractivity contribution in [2.45, 2.75) is 51.6 Å². The Morgan fingerprint density at radius 1 is 1.22 bits per heavy atom. The molecule has 158 valence electrons. The molecule has 0 spiro atoms. The van der Waals surface area contributed by atoms with Crippen molar-refractivity contribution >= 4 is 29.9 Å². The Labute approximate surface area is 181 Å². The van der Waals surface area contributed by atoms with Crippen LogP contribution in [0.1, 0.15) is 46.0 Å². The lowest BCUT2D eigenvalue weighted by Gasteiger charge is -2.33. The van der Waals surface area contributed by atoms with Gasteiger partial charge in [0.2, 0.25) is 0 Å². The molecule has 4 atom stereocenters. The number of halogens is 1. The molecule has 0 aromatic rings. The SMILES string of the molecule is CCNC(=NCC(C)(O)CN1CCOCC1)NCCC1CC2CCC1C2.I. The first-order valence-corrected chi connectivity index (χ1v) is 10.6. The number of nitrogens with one attached hydrogen (secondary N) is 2. The number of fused-ring (bicyclic) bond motifs is 2. The van der Waals surface area contributed by atoms with Crippen molar-refractivity contribution in [3.8, 4) is 0 Å². The van der Waals surface area contributed by atoms with Gasteiger partial charge >= 0.3 is 0 Å². The van der Waals surface area contributed by atoms with E-state index in [1.54, 1.807) is 0 Å². The molecule has 2 bridgehead atoms. The molecule has 4 unspecified atom stereocenters. The van der Waals surface area contributed by atoms with Crippen LogP contribution < -0.4 is 10.6 Å². The molecule has 3 fully saturated rings. The molecule has 1 saturated heterocycles. The Balaban J connectivity index is 0.00000261. The normalized spacial score (nSPS) is 30.6. The Bertz CT molecular complexity index is 469. The van der Waals surface area contributed by atoms with Crippen molar-refractivity contribution in [3.63, 3.8) is 0 Å². The van der Waals surface area contributed by atoms with Gasteiger partial charge in [0, 0.05) is 32.7 Å². The van der Waals surface area contributed by atoms with Gasteiger partial charge in [0.25, 0.3) is 0 Å². The van der Waals surface area contributed by atoms with Gasteiger partial charge in [-0.3, -0.25) is 9.89 Å². The largest absolute Gasteiger partial charge is 0.387 e. The maximum absolute atomic E-state index is 10.7. The maximum Gasteiger partial charge on any atom is 0.191 e. The molecule has 0 amide bonds. The second kappa shape index (κ2) is 11.2. The first kappa shape index (κ1) is 23.2. The minimum Gasteiger partial charge on any atom is -0.387 e. The standard InChI is InChI=1S/C20H38N4O2.HI/c1-3-21-19(22-7-6-18-13-16-4-5-17(18)12-16)23-14-20(2,25)15-24-8-10-26-11-9-24;/h16-18,25H,3-15H2,1-2H3,(H2,21,22,23);1H. The molecule has 3 rings (SSSR count). The molecule has 3 N–H and O–H groups in total. The van der Waals surface area contributed by atoms with Crippen LogP contribution in [0, 0.1) is 17.8 Å². The molecule has 2 aliphatic carbocycles. The molecule has 2 saturated carbocycles. The van der Waals surface area contributed by atoms with Gasteiger partial charge in [-0.15, -0.1) is 24.0 Å². The summed E-state index contributed by atoms with van der Waals surface area (Å²) in [5, 5.41) is 17.5. The summed E-state index contributed by atoms with van der Waals surface area (Å²) in [6.07, 6.45) is 7.08. The molecule has 0 aromatic heterocycles. The number of nitrogens with zero attached hydrogens (tertiary/aromatic N) is 2. The number of β-amino-alcohol motifs (C(OH)–C–C–N with tert-alkyl or cyclic N) is 1. The fraction of sp³-hybridized carbons (Fsp3) is 0.950. The van der Waals surface area contributed by atoms with Gasteiger partial charge in [0.15, 0.2) is 5.96 Å². The average molecular weight is 494 g/mol. The maximum atomic E-state index is 10.7. The lowest BCUT2D eigenvalue weighted by molar-refractivity contribution is -0.0179. The zero-order valence-electron chi connectivity index (χ0n) is 17.1. The minimum absolute atomic E-state index is 0. The predicted octanol–water partition coefficient (Wildman–Crippen LogP) is 2.07. The summed E-state index contributed by atoms with van der Waals surface area (Å²) in [7, 11) is 0. The number of ether oxygens (including phenoxy) is 1. The van der Waals surface area contributed by atoms with E-state index in [0.29, 0.717) is 13.1 Å². The zero-order valence-corrected chi connectivity index (χ0v) is 19.4. The van der Waals surface area contributed by atoms with Crippen LogP contribution in [0.15, 0.2) is 4.99 Å². The van der Waals surface area contributed by atoms with E-state index in [9.17, 15) is 5.11 Å². The highest BCUT2D eigenvalue weighted by Gasteiger charge is 2.38. The van der Waals surface area contributed by atoms with Crippen LogP contribution >= 0.6 is 24.0 Å². The summed E-state index contributed by atoms with van der Waals surface area (Å²) < 4.78 is 5.38. The van der Waals surface area contributed by atoms with Gasteiger partial charge in [0.1, 0.15) is 0 Å². The third kappa shape index (κ3) is 7.33. The smallest absolute Gasteiger partial charge is 0.191 e. The number of aliphatic hydroxyl groups is 1. The molecule has 7 heteroatoms. The molecule has 1 aliphatic heterocycles. The van der Waals surface area contributed by atoms with Crippen molar-refractivity contribution in [2.24, 2.45) is 22.7 Å². The number of rotatable bonds is 8. The summed E-state index contributed by atoms with van der Waals surface area (Å²) in [5.41, 5.74) is -0.815. The van der Waals surface area contributed by atoms with Crippen molar-refractivity contribution in [3.05, 3.63) is 0 Å². The molecule has 3 aliphatic rings. The molecule has 27 heavy (non-hydrogen) atoms. The number of hydrogen-bond acceptors (Lipinski definition) is 4. The fourth-order valence-corrected chi connectivity index (χ4v) is 4.99. The van der Waals surface area contributed by atoms with Gasteiger partial charge in [-0.25, -0.2) is 0 Å². The van der Waals surface area contributed by atoms with Crippen LogP contribution in [0.25, 0.3) is 0 Å². The Hall–Kier alpha value is -0.120. The third-order valence-electron chi connectivity index (χ3n) is 6.28. The molecule has 0 aromatic carbocycles. The van der Waals surface area contributed by atoms with E-state index in [4.69, 9.17) is 4.74 Å². The van der Waals surface area contributed by atoms with E-state index >= 15 is 0 Å². The van der Waals surface area contributed by atoms with Crippen LogP contribution in [-0.2, 0) is 4.74 Å². The lowest BCUT2D eigenvalue weighted by Crippen LogP contribution is -2.48. The highest BCUT2D eigenvalue weighted by Crippen LogP contribution is 2.49. The highest BCUT2D eigenvalue weighted by atomic mass is 127. The summed E-state index contributed by atoms with van der Waals surface area (Å²) in [6.45, 7) is 10.1. The number of hydrogen-bond donors (Lipinski definition) is 3. The van der Waals surface area contributed by atoms with Gasteiger partial charge in [-0.05, 0) is 57.3 Å². The van der Waals surface area contributed by atoms with E-state index in [0.717, 1.165) is 63.1 Å². The minimum atomic E-state index is -0.815. The monoisotopic (exact) mass is 494 g/mol. The van der Waals surface area contributed by atoms with E-state index in [2.05, 4.69) is 27.4 Å². The summed E-state index contributed by atoms with van der Waals surface area (Å²) in [4.78, 5) is 6.91. The average Bonchev–Trinajstić information content (AvgIpc) is 3.23. The first-order valence-electron chi connectivity index (χ1n) is 10.6. The van der Waals surface area contributed by atoms with Crippen molar-refractivity contribution in [1.29, 1.82) is 0 Å². The van der Waals surface area contributed by atoms with E-state index in [-0.39, 0.29) is 24.0 Å². The van der Waals surface area contributed by atoms with Gasteiger partial charge in [-0.2, -0.15) is 0 Å². The number of guanidine groups is 1. The van der Waals surface area contributed by atoms with Crippen LogP contribution in [0.4, 0.5) is 0 Å². The van der Waals surface area contributed by atoms with E-state index in [1.165, 1.54) is 32.1 Å². The van der Waals surface area contributed by atoms with Crippen LogP contribution in [0.2, 0.25) is 0 Å². The predicted molar refractivity (Wildman–Crippen MR) is 121 cm³/mol. The van der Waals surface area contributed by atoms with E-state index < -0.39 is 5.60 Å². The molecule has 6 nitrogen and oxygen atoms in total. The Kier molecular flexibility index (Phi) is 9.58. The first-order chi connectivity index (χ1) is 12.6. The van der Waals surface area contributed by atoms with Crippen molar-refractivity contribution in [1.82, 2.24) is 15.5 Å². The number of aliphatic imine (C=N–C) groups is 1. The highest BCUT2D eigenvalue weighted by molar-refractivity contribution is 14.0. The summed E-state index contributed by atoms with van der Waals surface area (Å²) in [6, 6.07) is 0. The quantitative estimate of drug-likeness (QED) is 0.274. The Morgan fingerprint density at radius 3 is 2.63 bits per heavy atom. The molecular weight excluding hydrogens is 455 g/mol. The van der Waals surface area contributed by atoms with Crippen LogP contribution in [-0.4, -0.2) is 74.0 Å². The topological polar surface area (TPSA) is 69.1 Å². The fourth-order valence-electron chi connectivity index (χ4n) is 4.99. The van der Waals surface area contributed by atoms with E-state index in [1.807, 2.05) is 6.92 Å². The third-order valence-corrected chi connectivity index (χ3v) is 6.28. The van der Waals surface area contributed by atoms with Gasteiger partial charge < -0.3 is 20.5 Å². The van der Waals surface area contributed by atoms with Crippen LogP contribution in [0.3, 0.4) is 0 Å². The Morgan fingerprint density at radius 2 is 2.00 bits per heavy atom. The van der Waals surface area contributed by atoms with Crippen molar-refractivity contribution < 1.29 is 9.84 Å².